The molecule has 0 aliphatic heterocycles. The van der Waals surface area contributed by atoms with Crippen molar-refractivity contribution in [3.8, 4) is 5.75 Å². The molecule has 2 rings (SSSR count). The van der Waals surface area contributed by atoms with Gasteiger partial charge in [-0.3, -0.25) is 0 Å². The number of methoxy groups -OCH3 is 1. The molecule has 20 heavy (non-hydrogen) atoms. The molecule has 0 heterocycles. The van der Waals surface area contributed by atoms with Crippen LogP contribution in [0.3, 0.4) is 0 Å². The van der Waals surface area contributed by atoms with E-state index in [1.807, 2.05) is 31.2 Å². The van der Waals surface area contributed by atoms with Crippen molar-refractivity contribution in [3.63, 3.8) is 0 Å². The standard InChI is InChI=1S/C14H21NO4S/c1-4-19-9-14(15)12(13(14)20(3,16)17)10-5-7-11(18-2)8-6-10/h5-8,12-13H,4,9,15H2,1-3H3/t12-,13+,14+/m1/s1. The van der Waals surface area contributed by atoms with Gasteiger partial charge >= 0.3 is 0 Å². The SMILES string of the molecule is CCOC[C@]1(N)[C@H](c2ccc(OC)cc2)[C@@H]1S(C)(=O)=O. The van der Waals surface area contributed by atoms with Gasteiger partial charge in [0.05, 0.1) is 24.5 Å². The zero-order valence-corrected chi connectivity index (χ0v) is 12.8. The van der Waals surface area contributed by atoms with Gasteiger partial charge in [0.15, 0.2) is 9.84 Å². The molecule has 0 aromatic heterocycles. The van der Waals surface area contributed by atoms with Crippen molar-refractivity contribution >= 4 is 9.84 Å². The van der Waals surface area contributed by atoms with Gasteiger partial charge in [-0.05, 0) is 24.6 Å². The molecule has 5 nitrogen and oxygen atoms in total. The summed E-state index contributed by atoms with van der Waals surface area (Å²) in [5, 5.41) is -0.588. The summed E-state index contributed by atoms with van der Waals surface area (Å²) < 4.78 is 34.3. The largest absolute Gasteiger partial charge is 0.497 e. The molecule has 2 N–H and O–H groups in total. The van der Waals surface area contributed by atoms with Gasteiger partial charge in [-0.25, -0.2) is 8.42 Å². The Bertz CT molecular complexity index is 569. The minimum Gasteiger partial charge on any atom is -0.497 e. The van der Waals surface area contributed by atoms with Crippen LogP contribution in [0.1, 0.15) is 18.4 Å². The maximum atomic E-state index is 11.9. The van der Waals surface area contributed by atoms with Crippen molar-refractivity contribution in [2.24, 2.45) is 5.73 Å². The van der Waals surface area contributed by atoms with Crippen molar-refractivity contribution in [1.82, 2.24) is 0 Å². The third-order valence-corrected chi connectivity index (χ3v) is 5.43. The average Bonchev–Trinajstić information content (AvgIpc) is 3.03. The Morgan fingerprint density at radius 3 is 2.35 bits per heavy atom. The van der Waals surface area contributed by atoms with Crippen LogP contribution in [0.15, 0.2) is 24.3 Å². The van der Waals surface area contributed by atoms with Gasteiger partial charge in [0, 0.05) is 18.8 Å². The fourth-order valence-corrected chi connectivity index (χ4v) is 4.65. The Kier molecular flexibility index (Phi) is 4.09. The molecular formula is C14H21NO4S. The number of sulfone groups is 1. The highest BCUT2D eigenvalue weighted by molar-refractivity contribution is 7.91. The molecule has 0 bridgehead atoms. The molecule has 3 atom stereocenters. The Hall–Kier alpha value is -1.11. The van der Waals surface area contributed by atoms with Crippen molar-refractivity contribution in [2.75, 3.05) is 26.6 Å². The van der Waals surface area contributed by atoms with Gasteiger partial charge in [0.25, 0.3) is 0 Å². The molecule has 1 aliphatic rings. The van der Waals surface area contributed by atoms with Gasteiger partial charge in [0.1, 0.15) is 5.75 Å². The summed E-state index contributed by atoms with van der Waals surface area (Å²) >= 11 is 0. The summed E-state index contributed by atoms with van der Waals surface area (Å²) in [6.45, 7) is 2.63. The number of hydrogen-bond acceptors (Lipinski definition) is 5. The van der Waals surface area contributed by atoms with Crippen molar-refractivity contribution < 1.29 is 17.9 Å². The maximum absolute atomic E-state index is 11.9. The molecule has 1 saturated carbocycles. The topological polar surface area (TPSA) is 78.6 Å². The molecule has 0 radical (unpaired) electrons. The minimum atomic E-state index is -3.22. The zero-order valence-electron chi connectivity index (χ0n) is 12.0. The number of hydrogen-bond donors (Lipinski definition) is 1. The van der Waals surface area contributed by atoms with Gasteiger partial charge in [0.2, 0.25) is 0 Å². The summed E-state index contributed by atoms with van der Waals surface area (Å²) in [6, 6.07) is 7.35. The summed E-state index contributed by atoms with van der Waals surface area (Å²) in [6.07, 6.45) is 1.23. The van der Waals surface area contributed by atoms with E-state index in [9.17, 15) is 8.42 Å². The van der Waals surface area contributed by atoms with E-state index in [1.54, 1.807) is 7.11 Å². The molecule has 1 fully saturated rings. The number of benzene rings is 1. The second-order valence-corrected chi connectivity index (χ2v) is 7.42. The molecule has 0 amide bonds. The van der Waals surface area contributed by atoms with Crippen LogP contribution < -0.4 is 10.5 Å². The van der Waals surface area contributed by atoms with Gasteiger partial charge in [-0.1, -0.05) is 12.1 Å². The fraction of sp³-hybridized carbons (Fsp3) is 0.571. The molecule has 0 spiro atoms. The van der Waals surface area contributed by atoms with E-state index < -0.39 is 20.6 Å². The minimum absolute atomic E-state index is 0.227. The maximum Gasteiger partial charge on any atom is 0.152 e. The van der Waals surface area contributed by atoms with Crippen LogP contribution in [0.2, 0.25) is 0 Å². The Labute approximate surface area is 120 Å². The lowest BCUT2D eigenvalue weighted by atomic mass is 10.1. The second kappa shape index (κ2) is 5.35. The normalized spacial score (nSPS) is 29.2. The zero-order chi connectivity index (χ0) is 15.0. The summed E-state index contributed by atoms with van der Waals surface area (Å²) in [5.41, 5.74) is 6.35. The van der Waals surface area contributed by atoms with Crippen molar-refractivity contribution in [3.05, 3.63) is 29.8 Å². The van der Waals surface area contributed by atoms with Crippen molar-refractivity contribution in [1.29, 1.82) is 0 Å². The molecule has 1 aromatic carbocycles. The Morgan fingerprint density at radius 1 is 1.30 bits per heavy atom. The van der Waals surface area contributed by atoms with Crippen LogP contribution in [-0.2, 0) is 14.6 Å². The molecule has 6 heteroatoms. The first-order valence-corrected chi connectivity index (χ1v) is 8.49. The van der Waals surface area contributed by atoms with E-state index >= 15 is 0 Å². The van der Waals surface area contributed by atoms with E-state index in [4.69, 9.17) is 15.2 Å². The number of nitrogens with two attached hydrogens (primary N) is 1. The highest BCUT2D eigenvalue weighted by Crippen LogP contribution is 2.54. The molecule has 0 unspecified atom stereocenters. The van der Waals surface area contributed by atoms with E-state index in [-0.39, 0.29) is 12.5 Å². The summed E-state index contributed by atoms with van der Waals surface area (Å²) in [7, 11) is -1.63. The number of rotatable bonds is 6. The first-order valence-electron chi connectivity index (χ1n) is 6.54. The molecule has 1 aliphatic carbocycles. The first kappa shape index (κ1) is 15.3. The van der Waals surface area contributed by atoms with Crippen LogP contribution in [-0.4, -0.2) is 45.8 Å². The molecule has 0 saturated heterocycles. The highest BCUT2D eigenvalue weighted by atomic mass is 32.2. The lowest BCUT2D eigenvalue weighted by molar-refractivity contribution is 0.125. The smallest absolute Gasteiger partial charge is 0.152 e. The quantitative estimate of drug-likeness (QED) is 0.845. The lowest BCUT2D eigenvalue weighted by Gasteiger charge is -2.11. The second-order valence-electron chi connectivity index (χ2n) is 5.25. The highest BCUT2D eigenvalue weighted by Gasteiger charge is 2.68. The van der Waals surface area contributed by atoms with Crippen LogP contribution in [0, 0.1) is 0 Å². The van der Waals surface area contributed by atoms with Crippen LogP contribution in [0.4, 0.5) is 0 Å². The van der Waals surface area contributed by atoms with Gasteiger partial charge < -0.3 is 15.2 Å². The van der Waals surface area contributed by atoms with Crippen molar-refractivity contribution in [2.45, 2.75) is 23.6 Å². The van der Waals surface area contributed by atoms with E-state index in [2.05, 4.69) is 0 Å². The number of ether oxygens (including phenoxy) is 2. The molecule has 112 valence electrons. The Morgan fingerprint density at radius 2 is 1.90 bits per heavy atom. The van der Waals surface area contributed by atoms with E-state index in [0.717, 1.165) is 11.3 Å². The molecule has 1 aromatic rings. The van der Waals surface area contributed by atoms with E-state index in [0.29, 0.717) is 6.61 Å². The first-order chi connectivity index (χ1) is 9.34. The predicted molar refractivity (Wildman–Crippen MR) is 77.8 cm³/mol. The predicted octanol–water partition coefficient (Wildman–Crippen LogP) is 0.940. The monoisotopic (exact) mass is 299 g/mol. The van der Waals surface area contributed by atoms with Crippen LogP contribution in [0.25, 0.3) is 0 Å². The fourth-order valence-electron chi connectivity index (χ4n) is 2.82. The summed E-state index contributed by atoms with van der Waals surface area (Å²) in [4.78, 5) is 0. The molecular weight excluding hydrogens is 278 g/mol. The van der Waals surface area contributed by atoms with Gasteiger partial charge in [-0.2, -0.15) is 0 Å². The van der Waals surface area contributed by atoms with Crippen LogP contribution in [0.5, 0.6) is 5.75 Å². The Balaban J connectivity index is 2.28. The van der Waals surface area contributed by atoms with E-state index in [1.165, 1.54) is 6.26 Å². The third kappa shape index (κ3) is 2.68. The average molecular weight is 299 g/mol. The van der Waals surface area contributed by atoms with Crippen LogP contribution >= 0.6 is 0 Å². The lowest BCUT2D eigenvalue weighted by Crippen LogP contribution is -2.36. The van der Waals surface area contributed by atoms with Gasteiger partial charge in [-0.15, -0.1) is 0 Å². The third-order valence-electron chi connectivity index (χ3n) is 3.79. The summed E-state index contributed by atoms with van der Waals surface area (Å²) in [5.74, 6) is 0.507.